The second-order valence-corrected chi connectivity index (χ2v) is 9.84. The van der Waals surface area contributed by atoms with E-state index in [1.165, 1.54) is 0 Å². The van der Waals surface area contributed by atoms with Crippen LogP contribution in [0.15, 0.2) is 0 Å². The number of esters is 6. The number of nitrogens with one attached hydrogen (secondary N) is 1. The van der Waals surface area contributed by atoms with Crippen molar-refractivity contribution >= 4 is 41.7 Å². The topological polar surface area (TPSA) is 235 Å². The van der Waals surface area contributed by atoms with Crippen LogP contribution in [0.25, 0.3) is 0 Å². The number of carbonyl (C=O) groups excluding carboxylic acids is 7. The summed E-state index contributed by atoms with van der Waals surface area (Å²) in [6, 6.07) is -1.43. The Balaban J connectivity index is 2.66. The smallest absolute Gasteiger partial charge is 0.303 e. The van der Waals surface area contributed by atoms with Crippen LogP contribution >= 0.6 is 0 Å². The fourth-order valence-electron chi connectivity index (χ4n) is 4.59. The highest BCUT2D eigenvalue weighted by molar-refractivity contribution is 5.73. The highest BCUT2D eigenvalue weighted by Crippen LogP contribution is 2.34. The Bertz CT molecular complexity index is 1090. The van der Waals surface area contributed by atoms with Gasteiger partial charge in [-0.3, -0.25) is 33.6 Å². The lowest BCUT2D eigenvalue weighted by Gasteiger charge is -2.48. The lowest BCUT2D eigenvalue weighted by Crippen LogP contribution is -2.68. The molecule has 2 saturated heterocycles. The molecule has 2 heterocycles. The van der Waals surface area contributed by atoms with Crippen LogP contribution in [0, 0.1) is 0 Å². The number of amides is 1. The van der Waals surface area contributed by atoms with Crippen molar-refractivity contribution < 1.29 is 81.3 Å². The molecule has 1 amide bonds. The monoisotopic (exact) mass is 635 g/mol. The summed E-state index contributed by atoms with van der Waals surface area (Å²) in [5.41, 5.74) is 0. The number of hydrogen-bond acceptors (Lipinski definition) is 17. The standard InChI is InChI=1S/C26H37NO17/c1-10(28)27-19-22(39-14(5)32)20(17(42-25(19)35)8-36-11(2)29)44-26-24(41-16(7)34)23(40-15(6)33)21(38-13(4)31)18(43-26)9-37-12(3)30/h17-26,35H,8-9H2,1-7H3,(H,27,28)/t17?,18?,19?,20-,21+,22-,23+,24?,25-,26+/m1/s1. The van der Waals surface area contributed by atoms with Crippen LogP contribution in [-0.4, -0.2) is 121 Å². The zero-order chi connectivity index (χ0) is 33.3. The fourth-order valence-corrected chi connectivity index (χ4v) is 4.59. The predicted molar refractivity (Wildman–Crippen MR) is 138 cm³/mol. The molecule has 4 unspecified atom stereocenters. The Kier molecular flexibility index (Phi) is 13.4. The van der Waals surface area contributed by atoms with Crippen molar-refractivity contribution in [2.75, 3.05) is 13.2 Å². The highest BCUT2D eigenvalue weighted by atomic mass is 16.8. The maximum absolute atomic E-state index is 12.2. The summed E-state index contributed by atoms with van der Waals surface area (Å²) in [5.74, 6) is -5.68. The van der Waals surface area contributed by atoms with E-state index in [1.807, 2.05) is 0 Å². The molecule has 2 aliphatic heterocycles. The maximum Gasteiger partial charge on any atom is 0.303 e. The lowest BCUT2D eigenvalue weighted by molar-refractivity contribution is -0.347. The number of hydrogen-bond donors (Lipinski definition) is 2. The molecule has 10 atom stereocenters. The minimum Gasteiger partial charge on any atom is -0.463 e. The molecule has 0 radical (unpaired) electrons. The summed E-state index contributed by atoms with van der Waals surface area (Å²) < 4.78 is 49.2. The lowest BCUT2D eigenvalue weighted by atomic mass is 9.95. The van der Waals surface area contributed by atoms with Gasteiger partial charge in [0.2, 0.25) is 5.91 Å². The Morgan fingerprint density at radius 2 is 1.00 bits per heavy atom. The Hall–Kier alpha value is -3.87. The van der Waals surface area contributed by atoms with Gasteiger partial charge in [-0.25, -0.2) is 0 Å². The molecule has 44 heavy (non-hydrogen) atoms. The van der Waals surface area contributed by atoms with Gasteiger partial charge in [0.25, 0.3) is 0 Å². The minimum absolute atomic E-state index is 0.559. The van der Waals surface area contributed by atoms with Gasteiger partial charge in [-0.2, -0.15) is 0 Å². The first-order valence-electron chi connectivity index (χ1n) is 13.4. The van der Waals surface area contributed by atoms with Gasteiger partial charge in [-0.05, 0) is 0 Å². The van der Waals surface area contributed by atoms with E-state index in [1.54, 1.807) is 0 Å². The van der Waals surface area contributed by atoms with Crippen LogP contribution in [0.4, 0.5) is 0 Å². The maximum atomic E-state index is 12.2. The first kappa shape index (κ1) is 36.3. The quantitative estimate of drug-likeness (QED) is 0.188. The summed E-state index contributed by atoms with van der Waals surface area (Å²) >= 11 is 0. The number of aliphatic hydroxyl groups is 1. The Labute approximate surface area is 251 Å². The molecule has 2 N–H and O–H groups in total. The van der Waals surface area contributed by atoms with Crippen molar-refractivity contribution in [3.63, 3.8) is 0 Å². The normalized spacial score (nSPS) is 31.5. The summed E-state index contributed by atoms with van der Waals surface area (Å²) in [6.45, 7) is 6.33. The van der Waals surface area contributed by atoms with Gasteiger partial charge in [0, 0.05) is 48.5 Å². The SMILES string of the molecule is CC(=O)NC1[C@H](O)OC(COC(C)=O)[C@@H](O[C@@H]2OC(COC(C)=O)[C@H](OC(C)=O)[C@H](OC(C)=O)C2OC(C)=O)[C@@H]1OC(C)=O. The Morgan fingerprint density at radius 3 is 1.45 bits per heavy atom. The van der Waals surface area contributed by atoms with Gasteiger partial charge in [-0.1, -0.05) is 0 Å². The predicted octanol–water partition coefficient (Wildman–Crippen LogP) is -1.83. The van der Waals surface area contributed by atoms with Gasteiger partial charge < -0.3 is 53.1 Å². The van der Waals surface area contributed by atoms with E-state index in [0.29, 0.717) is 0 Å². The molecule has 0 bridgehead atoms. The summed E-state index contributed by atoms with van der Waals surface area (Å²) in [7, 11) is 0. The van der Waals surface area contributed by atoms with Crippen molar-refractivity contribution in [2.24, 2.45) is 0 Å². The van der Waals surface area contributed by atoms with Crippen molar-refractivity contribution in [1.82, 2.24) is 5.32 Å². The van der Waals surface area contributed by atoms with Crippen LogP contribution in [0.3, 0.4) is 0 Å². The molecule has 0 spiro atoms. The van der Waals surface area contributed by atoms with E-state index < -0.39 is 116 Å². The first-order chi connectivity index (χ1) is 20.5. The third-order valence-corrected chi connectivity index (χ3v) is 6.03. The van der Waals surface area contributed by atoms with Gasteiger partial charge in [0.1, 0.15) is 37.6 Å². The van der Waals surface area contributed by atoms with E-state index in [4.69, 9.17) is 42.6 Å². The van der Waals surface area contributed by atoms with Crippen molar-refractivity contribution in [2.45, 2.75) is 110 Å². The molecule has 2 aliphatic rings. The Morgan fingerprint density at radius 1 is 0.568 bits per heavy atom. The van der Waals surface area contributed by atoms with E-state index in [2.05, 4.69) is 5.32 Å². The highest BCUT2D eigenvalue weighted by Gasteiger charge is 2.56. The number of rotatable bonds is 11. The molecule has 248 valence electrons. The van der Waals surface area contributed by atoms with Crippen LogP contribution in [-0.2, 0) is 76.2 Å². The average molecular weight is 636 g/mol. The molecule has 18 heteroatoms. The van der Waals surface area contributed by atoms with E-state index in [0.717, 1.165) is 48.5 Å². The van der Waals surface area contributed by atoms with Crippen molar-refractivity contribution in [3.8, 4) is 0 Å². The molecular formula is C26H37NO17. The van der Waals surface area contributed by atoms with E-state index >= 15 is 0 Å². The summed E-state index contributed by atoms with van der Waals surface area (Å²) in [6.07, 6.45) is -14.2. The molecule has 0 aromatic carbocycles. The molecule has 0 aromatic rings. The summed E-state index contributed by atoms with van der Waals surface area (Å²) in [4.78, 5) is 83.6. The fraction of sp³-hybridized carbons (Fsp3) is 0.731. The molecule has 2 rings (SSSR count). The van der Waals surface area contributed by atoms with Crippen LogP contribution in [0.5, 0.6) is 0 Å². The van der Waals surface area contributed by atoms with Gasteiger partial charge in [0.05, 0.1) is 0 Å². The third-order valence-electron chi connectivity index (χ3n) is 6.03. The van der Waals surface area contributed by atoms with Gasteiger partial charge in [0.15, 0.2) is 37.0 Å². The van der Waals surface area contributed by atoms with Gasteiger partial charge in [-0.15, -0.1) is 0 Å². The summed E-state index contributed by atoms with van der Waals surface area (Å²) in [5, 5.41) is 13.1. The van der Waals surface area contributed by atoms with Crippen LogP contribution < -0.4 is 5.32 Å². The minimum atomic E-state index is -1.79. The second-order valence-electron chi connectivity index (χ2n) is 9.84. The molecular weight excluding hydrogens is 598 g/mol. The van der Waals surface area contributed by atoms with Crippen LogP contribution in [0.2, 0.25) is 0 Å². The second kappa shape index (κ2) is 16.3. The van der Waals surface area contributed by atoms with Gasteiger partial charge >= 0.3 is 35.8 Å². The molecule has 0 aromatic heterocycles. The molecule has 0 saturated carbocycles. The van der Waals surface area contributed by atoms with E-state index in [9.17, 15) is 38.7 Å². The number of carbonyl (C=O) groups is 7. The average Bonchev–Trinajstić information content (AvgIpc) is 2.87. The third kappa shape index (κ3) is 10.7. The largest absolute Gasteiger partial charge is 0.463 e. The van der Waals surface area contributed by atoms with Crippen molar-refractivity contribution in [3.05, 3.63) is 0 Å². The molecule has 18 nitrogen and oxygen atoms in total. The number of ether oxygens (including phenoxy) is 9. The van der Waals surface area contributed by atoms with Crippen molar-refractivity contribution in [1.29, 1.82) is 0 Å². The zero-order valence-corrected chi connectivity index (χ0v) is 25.2. The number of aliphatic hydroxyl groups excluding tert-OH is 1. The zero-order valence-electron chi connectivity index (χ0n) is 25.2. The first-order valence-corrected chi connectivity index (χ1v) is 13.4. The van der Waals surface area contributed by atoms with E-state index in [-0.39, 0.29) is 0 Å². The van der Waals surface area contributed by atoms with Crippen LogP contribution in [0.1, 0.15) is 48.5 Å². The molecule has 0 aliphatic carbocycles. The molecule has 2 fully saturated rings.